The Morgan fingerprint density at radius 3 is 1.25 bits per heavy atom. The predicted molar refractivity (Wildman–Crippen MR) is 79.2 cm³/mol. The van der Waals surface area contributed by atoms with Gasteiger partial charge in [0.25, 0.3) is 0 Å². The van der Waals surface area contributed by atoms with Crippen LogP contribution in [0.15, 0.2) is 11.1 Å². The maximum atomic E-state index is 12.0. The van der Waals surface area contributed by atoms with E-state index in [0.29, 0.717) is 37.2 Å². The second-order valence-corrected chi connectivity index (χ2v) is 5.65. The molecule has 0 aliphatic heterocycles. The van der Waals surface area contributed by atoms with Crippen LogP contribution in [-0.2, 0) is 19.1 Å². The maximum absolute atomic E-state index is 12.0. The van der Waals surface area contributed by atoms with Crippen LogP contribution in [0.25, 0.3) is 0 Å². The van der Waals surface area contributed by atoms with Crippen molar-refractivity contribution in [2.75, 3.05) is 13.2 Å². The first-order chi connectivity index (χ1) is 9.33. The smallest absolute Gasteiger partial charge is 0.334 e. The molecule has 0 aliphatic rings. The molecule has 0 saturated carbocycles. The van der Waals surface area contributed by atoms with Gasteiger partial charge in [0, 0.05) is 11.1 Å². The number of rotatable bonds is 8. The van der Waals surface area contributed by atoms with Crippen LogP contribution < -0.4 is 0 Å². The summed E-state index contributed by atoms with van der Waals surface area (Å²) in [6.07, 6.45) is 0.938. The molecule has 0 unspecified atom stereocenters. The van der Waals surface area contributed by atoms with Gasteiger partial charge in [-0.2, -0.15) is 0 Å². The van der Waals surface area contributed by atoms with Crippen LogP contribution in [0.5, 0.6) is 0 Å². The van der Waals surface area contributed by atoms with E-state index in [0.717, 1.165) is 0 Å². The Bertz CT molecular complexity index is 319. The predicted octanol–water partition coefficient (Wildman–Crippen LogP) is 3.50. The molecule has 0 aliphatic carbocycles. The summed E-state index contributed by atoms with van der Waals surface area (Å²) in [5.41, 5.74) is 0.865. The van der Waals surface area contributed by atoms with Crippen LogP contribution in [0, 0.1) is 11.8 Å². The van der Waals surface area contributed by atoms with Crippen LogP contribution >= 0.6 is 0 Å². The zero-order valence-electron chi connectivity index (χ0n) is 13.6. The van der Waals surface area contributed by atoms with Crippen molar-refractivity contribution in [3.8, 4) is 0 Å². The fraction of sp³-hybridized carbons (Fsp3) is 0.750. The van der Waals surface area contributed by atoms with E-state index in [1.54, 1.807) is 0 Å². The lowest BCUT2D eigenvalue weighted by Crippen LogP contribution is -2.19. The minimum atomic E-state index is -0.403. The Balaban J connectivity index is 4.95. The van der Waals surface area contributed by atoms with Gasteiger partial charge in [-0.05, 0) is 24.7 Å². The standard InChI is InChI=1S/C16H28O4/c1-7-13(15(17)19-9-11(3)4)14(8-2)16(18)20-10-12(5)6/h11-12H,7-10H2,1-6H3/b14-13-. The van der Waals surface area contributed by atoms with Gasteiger partial charge in [0.1, 0.15) is 0 Å². The number of carbonyl (C=O) groups is 2. The van der Waals surface area contributed by atoms with Gasteiger partial charge in [0.05, 0.1) is 13.2 Å². The quantitative estimate of drug-likeness (QED) is 0.505. The van der Waals surface area contributed by atoms with Crippen molar-refractivity contribution < 1.29 is 19.1 Å². The fourth-order valence-corrected chi connectivity index (χ4v) is 1.62. The highest BCUT2D eigenvalue weighted by Gasteiger charge is 2.21. The monoisotopic (exact) mass is 284 g/mol. The number of hydrogen-bond acceptors (Lipinski definition) is 4. The first-order valence-electron chi connectivity index (χ1n) is 7.39. The molecule has 0 saturated heterocycles. The molecule has 4 nitrogen and oxygen atoms in total. The number of ether oxygens (including phenoxy) is 2. The minimum Gasteiger partial charge on any atom is -0.462 e. The molecule has 0 N–H and O–H groups in total. The van der Waals surface area contributed by atoms with Gasteiger partial charge in [-0.25, -0.2) is 9.59 Å². The molecule has 0 atom stereocenters. The average Bonchev–Trinajstić information content (AvgIpc) is 2.39. The number of esters is 2. The summed E-state index contributed by atoms with van der Waals surface area (Å²) in [7, 11) is 0. The van der Waals surface area contributed by atoms with Crippen LogP contribution in [-0.4, -0.2) is 25.2 Å². The Hall–Kier alpha value is -1.32. The van der Waals surface area contributed by atoms with E-state index >= 15 is 0 Å². The van der Waals surface area contributed by atoms with E-state index in [2.05, 4.69) is 0 Å². The van der Waals surface area contributed by atoms with E-state index < -0.39 is 11.9 Å². The Labute approximate surface area is 122 Å². The summed E-state index contributed by atoms with van der Waals surface area (Å²) in [5.74, 6) is -0.260. The molecule has 0 rings (SSSR count). The Morgan fingerprint density at radius 2 is 1.05 bits per heavy atom. The highest BCUT2D eigenvalue weighted by atomic mass is 16.5. The molecule has 0 aromatic carbocycles. The van der Waals surface area contributed by atoms with E-state index in [1.807, 2.05) is 41.5 Å². The zero-order valence-corrected chi connectivity index (χ0v) is 13.6. The van der Waals surface area contributed by atoms with Gasteiger partial charge in [0.15, 0.2) is 0 Å². The molecular weight excluding hydrogens is 256 g/mol. The normalized spacial score (nSPS) is 12.4. The van der Waals surface area contributed by atoms with E-state index in [9.17, 15) is 9.59 Å². The van der Waals surface area contributed by atoms with Crippen molar-refractivity contribution in [2.45, 2.75) is 54.4 Å². The molecule has 20 heavy (non-hydrogen) atoms. The highest BCUT2D eigenvalue weighted by molar-refractivity contribution is 6.00. The van der Waals surface area contributed by atoms with E-state index in [1.165, 1.54) is 0 Å². The summed E-state index contributed by atoms with van der Waals surface area (Å²) >= 11 is 0. The molecule has 0 spiro atoms. The third kappa shape index (κ3) is 6.73. The molecular formula is C16H28O4. The van der Waals surface area contributed by atoms with Gasteiger partial charge in [-0.1, -0.05) is 41.5 Å². The molecule has 0 aromatic heterocycles. The second-order valence-electron chi connectivity index (χ2n) is 5.65. The van der Waals surface area contributed by atoms with Gasteiger partial charge >= 0.3 is 11.9 Å². The van der Waals surface area contributed by atoms with Crippen LogP contribution in [0.1, 0.15) is 54.4 Å². The summed E-state index contributed by atoms with van der Waals surface area (Å²) < 4.78 is 10.4. The van der Waals surface area contributed by atoms with Gasteiger partial charge in [-0.3, -0.25) is 0 Å². The molecule has 0 aromatic rings. The highest BCUT2D eigenvalue weighted by Crippen LogP contribution is 2.17. The Kier molecular flexibility index (Phi) is 8.93. The first kappa shape index (κ1) is 18.7. The van der Waals surface area contributed by atoms with Gasteiger partial charge in [-0.15, -0.1) is 0 Å². The molecule has 0 fully saturated rings. The third-order valence-corrected chi connectivity index (χ3v) is 2.66. The largest absolute Gasteiger partial charge is 0.462 e. The topological polar surface area (TPSA) is 52.6 Å². The van der Waals surface area contributed by atoms with Crippen molar-refractivity contribution in [2.24, 2.45) is 11.8 Å². The number of hydrogen-bond donors (Lipinski definition) is 0. The Morgan fingerprint density at radius 1 is 0.750 bits per heavy atom. The average molecular weight is 284 g/mol. The first-order valence-corrected chi connectivity index (χ1v) is 7.39. The summed E-state index contributed by atoms with van der Waals surface area (Å²) in [4.78, 5) is 24.1. The van der Waals surface area contributed by atoms with Crippen molar-refractivity contribution in [3.05, 3.63) is 11.1 Å². The van der Waals surface area contributed by atoms with E-state index in [4.69, 9.17) is 9.47 Å². The second kappa shape index (κ2) is 9.56. The molecule has 0 amide bonds. The summed E-state index contributed by atoms with van der Waals surface area (Å²) in [6, 6.07) is 0. The maximum Gasteiger partial charge on any atom is 0.334 e. The molecule has 0 radical (unpaired) electrons. The van der Waals surface area contributed by atoms with Crippen LogP contribution in [0.2, 0.25) is 0 Å². The third-order valence-electron chi connectivity index (χ3n) is 2.66. The number of carbonyl (C=O) groups excluding carboxylic acids is 2. The molecule has 0 bridgehead atoms. The minimum absolute atomic E-state index is 0.273. The lowest BCUT2D eigenvalue weighted by Gasteiger charge is -2.14. The fourth-order valence-electron chi connectivity index (χ4n) is 1.62. The van der Waals surface area contributed by atoms with Crippen molar-refractivity contribution in [3.63, 3.8) is 0 Å². The van der Waals surface area contributed by atoms with Crippen molar-refractivity contribution >= 4 is 11.9 Å². The van der Waals surface area contributed by atoms with Crippen molar-refractivity contribution in [1.82, 2.24) is 0 Å². The zero-order chi connectivity index (χ0) is 15.7. The molecule has 116 valence electrons. The molecule has 0 heterocycles. The SMILES string of the molecule is CC/C(C(=O)OCC(C)C)=C(\CC)C(=O)OCC(C)C. The van der Waals surface area contributed by atoms with E-state index in [-0.39, 0.29) is 11.8 Å². The summed E-state index contributed by atoms with van der Waals surface area (Å²) in [6.45, 7) is 12.3. The lowest BCUT2D eigenvalue weighted by molar-refractivity contribution is -0.143. The van der Waals surface area contributed by atoms with Crippen molar-refractivity contribution in [1.29, 1.82) is 0 Å². The van der Waals surface area contributed by atoms with Crippen LogP contribution in [0.4, 0.5) is 0 Å². The van der Waals surface area contributed by atoms with Gasteiger partial charge in [0.2, 0.25) is 0 Å². The van der Waals surface area contributed by atoms with Crippen LogP contribution in [0.3, 0.4) is 0 Å². The van der Waals surface area contributed by atoms with Gasteiger partial charge < -0.3 is 9.47 Å². The summed E-state index contributed by atoms with van der Waals surface area (Å²) in [5, 5.41) is 0. The molecule has 4 heteroatoms. The lowest BCUT2D eigenvalue weighted by atomic mass is 10.0.